The summed E-state index contributed by atoms with van der Waals surface area (Å²) in [6, 6.07) is 16.1. The Kier molecular flexibility index (Phi) is 6.49. The topological polar surface area (TPSA) is 102 Å². The van der Waals surface area contributed by atoms with Crippen molar-refractivity contribution in [3.63, 3.8) is 0 Å². The van der Waals surface area contributed by atoms with Crippen LogP contribution < -0.4 is 10.1 Å². The van der Waals surface area contributed by atoms with Gasteiger partial charge in [-0.2, -0.15) is 0 Å². The van der Waals surface area contributed by atoms with E-state index in [1.54, 1.807) is 24.3 Å². The highest BCUT2D eigenvalue weighted by Gasteiger charge is 2.48. The number of benzene rings is 2. The maximum absolute atomic E-state index is 12.4. The van der Waals surface area contributed by atoms with Crippen molar-refractivity contribution in [2.24, 2.45) is 11.8 Å². The third-order valence-corrected chi connectivity index (χ3v) is 5.70. The van der Waals surface area contributed by atoms with Crippen LogP contribution >= 0.6 is 0 Å². The molecule has 1 aliphatic heterocycles. The predicted octanol–water partition coefficient (Wildman–Crippen LogP) is 3.14. The number of anilines is 1. The van der Waals surface area contributed by atoms with Crippen LogP contribution in [0.15, 0.2) is 54.6 Å². The largest absolute Gasteiger partial charge is 0.457 e. The number of fused-ring (bicyclic) bond motifs is 1. The fourth-order valence-electron chi connectivity index (χ4n) is 4.14. The molecule has 0 bridgehead atoms. The lowest BCUT2D eigenvalue weighted by Gasteiger charge is -2.19. The fourth-order valence-corrected chi connectivity index (χ4v) is 4.14. The number of para-hydroxylation sites is 1. The first-order valence-corrected chi connectivity index (χ1v) is 10.6. The normalized spacial score (nSPS) is 19.9. The van der Waals surface area contributed by atoms with E-state index >= 15 is 0 Å². The molecule has 2 unspecified atom stereocenters. The number of likely N-dealkylation sites (tertiary alicyclic amines) is 1. The molecule has 1 heterocycles. The van der Waals surface area contributed by atoms with Gasteiger partial charge in [-0.15, -0.1) is 0 Å². The van der Waals surface area contributed by atoms with Crippen molar-refractivity contribution in [2.45, 2.75) is 25.7 Å². The van der Waals surface area contributed by atoms with Crippen molar-refractivity contribution in [1.29, 1.82) is 0 Å². The van der Waals surface area contributed by atoms with Gasteiger partial charge in [-0.3, -0.25) is 24.1 Å². The predicted molar refractivity (Wildman–Crippen MR) is 115 cm³/mol. The van der Waals surface area contributed by atoms with E-state index < -0.39 is 25.0 Å². The van der Waals surface area contributed by atoms with Gasteiger partial charge in [0.1, 0.15) is 18.0 Å². The van der Waals surface area contributed by atoms with Gasteiger partial charge in [0.05, 0.1) is 11.8 Å². The molecule has 8 nitrogen and oxygen atoms in total. The zero-order chi connectivity index (χ0) is 22.5. The second kappa shape index (κ2) is 9.64. The number of rotatable bonds is 7. The summed E-state index contributed by atoms with van der Waals surface area (Å²) in [7, 11) is 0. The Labute approximate surface area is 185 Å². The Morgan fingerprint density at radius 1 is 0.875 bits per heavy atom. The maximum Gasteiger partial charge on any atom is 0.326 e. The molecule has 1 saturated heterocycles. The summed E-state index contributed by atoms with van der Waals surface area (Å²) in [5, 5.41) is 2.62. The van der Waals surface area contributed by atoms with Crippen LogP contribution in [-0.2, 0) is 23.9 Å². The Bertz CT molecular complexity index is 981. The number of nitrogens with one attached hydrogen (secondary N) is 1. The lowest BCUT2D eigenvalue weighted by atomic mass is 9.81. The van der Waals surface area contributed by atoms with Crippen LogP contribution in [0.5, 0.6) is 11.5 Å². The lowest BCUT2D eigenvalue weighted by molar-refractivity contribution is -0.154. The number of hydrogen-bond acceptors (Lipinski definition) is 6. The maximum atomic E-state index is 12.4. The first-order valence-electron chi connectivity index (χ1n) is 10.6. The van der Waals surface area contributed by atoms with Gasteiger partial charge in [0, 0.05) is 5.69 Å². The molecule has 1 saturated carbocycles. The molecule has 0 spiro atoms. The highest BCUT2D eigenvalue weighted by molar-refractivity contribution is 6.07. The van der Waals surface area contributed by atoms with Crippen molar-refractivity contribution >= 4 is 29.4 Å². The van der Waals surface area contributed by atoms with Crippen molar-refractivity contribution in [1.82, 2.24) is 4.90 Å². The standard InChI is InChI=1S/C24H24N2O6/c27-21(25-16-10-12-18(13-11-16)32-17-6-2-1-3-7-17)15-31-22(28)14-26-23(29)19-8-4-5-9-20(19)24(26)30/h1-3,6-7,10-13,19-20H,4-5,8-9,14-15H2,(H,25,27). The molecule has 3 amide bonds. The van der Waals surface area contributed by atoms with Gasteiger partial charge in [0.2, 0.25) is 11.8 Å². The quantitative estimate of drug-likeness (QED) is 0.529. The minimum atomic E-state index is -0.785. The summed E-state index contributed by atoms with van der Waals surface area (Å²) < 4.78 is 10.7. The van der Waals surface area contributed by atoms with Crippen LogP contribution in [0.1, 0.15) is 25.7 Å². The summed E-state index contributed by atoms with van der Waals surface area (Å²) in [5.74, 6) is -1.25. The number of esters is 1. The molecule has 2 fully saturated rings. The van der Waals surface area contributed by atoms with Crippen LogP contribution in [0.25, 0.3) is 0 Å². The van der Waals surface area contributed by atoms with E-state index in [9.17, 15) is 19.2 Å². The van der Waals surface area contributed by atoms with Crippen LogP contribution in [0, 0.1) is 11.8 Å². The first-order chi connectivity index (χ1) is 15.5. The molecule has 32 heavy (non-hydrogen) atoms. The Morgan fingerprint density at radius 2 is 1.47 bits per heavy atom. The van der Waals surface area contributed by atoms with Crippen molar-refractivity contribution < 1.29 is 28.7 Å². The van der Waals surface area contributed by atoms with E-state index in [1.165, 1.54) is 0 Å². The van der Waals surface area contributed by atoms with Crippen LogP contribution in [-0.4, -0.2) is 41.7 Å². The number of amides is 3. The summed E-state index contributed by atoms with van der Waals surface area (Å²) in [6.07, 6.45) is 3.19. The number of nitrogens with zero attached hydrogens (tertiary/aromatic N) is 1. The molecule has 1 N–H and O–H groups in total. The van der Waals surface area contributed by atoms with E-state index in [4.69, 9.17) is 9.47 Å². The molecule has 2 aromatic rings. The third-order valence-electron chi connectivity index (χ3n) is 5.70. The van der Waals surface area contributed by atoms with Gasteiger partial charge < -0.3 is 14.8 Å². The molecular formula is C24H24N2O6. The first kappa shape index (κ1) is 21.5. The molecule has 1 aliphatic carbocycles. The smallest absolute Gasteiger partial charge is 0.326 e. The molecule has 2 atom stereocenters. The zero-order valence-corrected chi connectivity index (χ0v) is 17.5. The van der Waals surface area contributed by atoms with E-state index in [0.29, 0.717) is 30.0 Å². The zero-order valence-electron chi connectivity index (χ0n) is 17.5. The monoisotopic (exact) mass is 436 g/mol. The van der Waals surface area contributed by atoms with Gasteiger partial charge in [-0.1, -0.05) is 31.0 Å². The van der Waals surface area contributed by atoms with E-state index in [0.717, 1.165) is 17.7 Å². The van der Waals surface area contributed by atoms with E-state index in [2.05, 4.69) is 5.32 Å². The number of imide groups is 1. The van der Waals surface area contributed by atoms with E-state index in [1.807, 2.05) is 30.3 Å². The van der Waals surface area contributed by atoms with E-state index in [-0.39, 0.29) is 23.7 Å². The number of carbonyl (C=O) groups is 4. The fraction of sp³-hybridized carbons (Fsp3) is 0.333. The minimum absolute atomic E-state index is 0.307. The molecule has 0 radical (unpaired) electrons. The summed E-state index contributed by atoms with van der Waals surface area (Å²) >= 11 is 0. The minimum Gasteiger partial charge on any atom is -0.457 e. The van der Waals surface area contributed by atoms with Crippen LogP contribution in [0.4, 0.5) is 5.69 Å². The molecule has 2 aromatic carbocycles. The Morgan fingerprint density at radius 3 is 2.09 bits per heavy atom. The molecular weight excluding hydrogens is 412 g/mol. The number of hydrogen-bond donors (Lipinski definition) is 1. The molecule has 4 rings (SSSR count). The van der Waals surface area contributed by atoms with Gasteiger partial charge in [0.15, 0.2) is 6.61 Å². The third kappa shape index (κ3) is 4.96. The van der Waals surface area contributed by atoms with Gasteiger partial charge >= 0.3 is 5.97 Å². The summed E-state index contributed by atoms with van der Waals surface area (Å²) in [5.41, 5.74) is 0.514. The highest BCUT2D eigenvalue weighted by Crippen LogP contribution is 2.37. The molecule has 0 aromatic heterocycles. The summed E-state index contributed by atoms with van der Waals surface area (Å²) in [6.45, 7) is -0.965. The van der Waals surface area contributed by atoms with Crippen molar-refractivity contribution in [2.75, 3.05) is 18.5 Å². The average molecular weight is 436 g/mol. The Hall–Kier alpha value is -3.68. The second-order valence-electron chi connectivity index (χ2n) is 7.91. The van der Waals surface area contributed by atoms with Gasteiger partial charge in [-0.25, -0.2) is 0 Å². The second-order valence-corrected chi connectivity index (χ2v) is 7.91. The molecule has 2 aliphatic rings. The van der Waals surface area contributed by atoms with Gasteiger partial charge in [0.25, 0.3) is 5.91 Å². The lowest BCUT2D eigenvalue weighted by Crippen LogP contribution is -2.37. The molecule has 166 valence electrons. The number of ether oxygens (including phenoxy) is 2. The Balaban J connectivity index is 1.23. The summed E-state index contributed by atoms with van der Waals surface area (Å²) in [4.78, 5) is 50.0. The van der Waals surface area contributed by atoms with Crippen molar-refractivity contribution in [3.05, 3.63) is 54.6 Å². The van der Waals surface area contributed by atoms with Crippen LogP contribution in [0.2, 0.25) is 0 Å². The average Bonchev–Trinajstić information content (AvgIpc) is 3.05. The SMILES string of the molecule is O=C(COC(=O)CN1C(=O)C2CCCCC2C1=O)Nc1ccc(Oc2ccccc2)cc1. The molecule has 8 heteroatoms. The van der Waals surface area contributed by atoms with Crippen molar-refractivity contribution in [3.8, 4) is 11.5 Å². The van der Waals surface area contributed by atoms with Crippen LogP contribution in [0.3, 0.4) is 0 Å². The van der Waals surface area contributed by atoms with Gasteiger partial charge in [-0.05, 0) is 49.2 Å². The highest BCUT2D eigenvalue weighted by atomic mass is 16.5. The number of carbonyl (C=O) groups excluding carboxylic acids is 4.